The molecule has 0 radical (unpaired) electrons. The van der Waals surface area contributed by atoms with E-state index in [9.17, 15) is 4.39 Å². The summed E-state index contributed by atoms with van der Waals surface area (Å²) >= 11 is 0. The van der Waals surface area contributed by atoms with Gasteiger partial charge in [-0.25, -0.2) is 9.37 Å². The first-order chi connectivity index (χ1) is 8.79. The van der Waals surface area contributed by atoms with E-state index >= 15 is 0 Å². The van der Waals surface area contributed by atoms with Crippen molar-refractivity contribution in [1.82, 2.24) is 9.38 Å². The molecule has 4 heteroatoms. The van der Waals surface area contributed by atoms with Gasteiger partial charge in [0.1, 0.15) is 11.6 Å². The van der Waals surface area contributed by atoms with Gasteiger partial charge in [0.2, 0.25) is 0 Å². The van der Waals surface area contributed by atoms with Gasteiger partial charge in [-0.2, -0.15) is 0 Å². The molecule has 0 bridgehead atoms. The number of fused-ring (bicyclic) bond motifs is 1. The zero-order chi connectivity index (χ0) is 12.5. The van der Waals surface area contributed by atoms with Gasteiger partial charge in [-0.3, -0.25) is 4.40 Å². The molecule has 0 saturated carbocycles. The molecule has 2 aromatic heterocycles. The van der Waals surface area contributed by atoms with Crippen LogP contribution in [0.3, 0.4) is 0 Å². The third kappa shape index (κ3) is 1.67. The minimum Gasteiger partial charge on any atom is -0.326 e. The topological polar surface area (TPSA) is 43.3 Å². The molecule has 0 fully saturated rings. The maximum Gasteiger partial charge on any atom is 0.144 e. The van der Waals surface area contributed by atoms with Gasteiger partial charge >= 0.3 is 0 Å². The average Bonchev–Trinajstić information content (AvgIpc) is 2.82. The Morgan fingerprint density at radius 3 is 2.89 bits per heavy atom. The standard InChI is InChI=1S/C14H12FN3/c15-12-5-1-3-10(7-12)14-17-9-13-11(8-16)4-2-6-18(13)14/h1-7,9H,8,16H2. The molecule has 90 valence electrons. The van der Waals surface area contributed by atoms with E-state index in [1.54, 1.807) is 12.3 Å². The van der Waals surface area contributed by atoms with Crippen molar-refractivity contribution in [3.8, 4) is 11.4 Å². The van der Waals surface area contributed by atoms with Crippen LogP contribution in [0.4, 0.5) is 4.39 Å². The lowest BCUT2D eigenvalue weighted by atomic mass is 10.2. The SMILES string of the molecule is NCc1cccn2c(-c3cccc(F)c3)ncc12. The third-order valence-electron chi connectivity index (χ3n) is 2.96. The molecular formula is C14H12FN3. The molecule has 0 amide bonds. The van der Waals surface area contributed by atoms with E-state index in [4.69, 9.17) is 5.73 Å². The van der Waals surface area contributed by atoms with Crippen LogP contribution in [-0.2, 0) is 6.54 Å². The van der Waals surface area contributed by atoms with E-state index in [1.807, 2.05) is 28.8 Å². The Balaban J connectivity index is 2.25. The summed E-state index contributed by atoms with van der Waals surface area (Å²) in [6.45, 7) is 0.457. The maximum absolute atomic E-state index is 13.2. The molecule has 0 atom stereocenters. The largest absolute Gasteiger partial charge is 0.326 e. The molecule has 2 N–H and O–H groups in total. The summed E-state index contributed by atoms with van der Waals surface area (Å²) in [4.78, 5) is 4.36. The Labute approximate surface area is 104 Å². The van der Waals surface area contributed by atoms with Crippen LogP contribution in [0.25, 0.3) is 16.9 Å². The number of pyridine rings is 1. The van der Waals surface area contributed by atoms with Crippen LogP contribution in [-0.4, -0.2) is 9.38 Å². The summed E-state index contributed by atoms with van der Waals surface area (Å²) in [5, 5.41) is 0. The second-order valence-electron chi connectivity index (χ2n) is 4.08. The number of aromatic nitrogens is 2. The molecule has 0 unspecified atom stereocenters. The number of nitrogens with two attached hydrogens (primary N) is 1. The molecule has 0 aliphatic rings. The second kappa shape index (κ2) is 4.23. The fourth-order valence-electron chi connectivity index (χ4n) is 2.09. The first-order valence-electron chi connectivity index (χ1n) is 5.70. The number of benzene rings is 1. The Hall–Kier alpha value is -2.20. The van der Waals surface area contributed by atoms with Crippen molar-refractivity contribution in [3.05, 3.63) is 60.2 Å². The fourth-order valence-corrected chi connectivity index (χ4v) is 2.09. The highest BCUT2D eigenvalue weighted by molar-refractivity contribution is 5.64. The Morgan fingerprint density at radius 1 is 1.22 bits per heavy atom. The third-order valence-corrected chi connectivity index (χ3v) is 2.96. The van der Waals surface area contributed by atoms with Gasteiger partial charge in [-0.1, -0.05) is 18.2 Å². The first kappa shape index (κ1) is 10.9. The minimum atomic E-state index is -0.265. The quantitative estimate of drug-likeness (QED) is 0.749. The molecule has 3 aromatic rings. The van der Waals surface area contributed by atoms with Gasteiger partial charge < -0.3 is 5.73 Å². The first-order valence-corrected chi connectivity index (χ1v) is 5.70. The number of rotatable bonds is 2. The normalized spacial score (nSPS) is 11.0. The van der Waals surface area contributed by atoms with Gasteiger partial charge in [-0.05, 0) is 23.8 Å². The van der Waals surface area contributed by atoms with Gasteiger partial charge in [0.25, 0.3) is 0 Å². The fraction of sp³-hybridized carbons (Fsp3) is 0.0714. The summed E-state index contributed by atoms with van der Waals surface area (Å²) in [5.74, 6) is 0.457. The Bertz CT molecular complexity index is 703. The van der Waals surface area contributed by atoms with Crippen LogP contribution in [0.5, 0.6) is 0 Å². The smallest absolute Gasteiger partial charge is 0.144 e. The molecule has 0 aliphatic carbocycles. The number of halogens is 1. The highest BCUT2D eigenvalue weighted by Crippen LogP contribution is 2.22. The maximum atomic E-state index is 13.2. The summed E-state index contributed by atoms with van der Waals surface area (Å²) in [6.07, 6.45) is 3.67. The average molecular weight is 241 g/mol. The highest BCUT2D eigenvalue weighted by Gasteiger charge is 2.08. The summed E-state index contributed by atoms with van der Waals surface area (Å²) in [5.41, 5.74) is 8.42. The number of hydrogen-bond donors (Lipinski definition) is 1. The lowest BCUT2D eigenvalue weighted by Crippen LogP contribution is -1.99. The molecule has 0 aliphatic heterocycles. The van der Waals surface area contributed by atoms with E-state index in [1.165, 1.54) is 12.1 Å². The molecule has 3 rings (SSSR count). The lowest BCUT2D eigenvalue weighted by molar-refractivity contribution is 0.628. The monoisotopic (exact) mass is 241 g/mol. The molecular weight excluding hydrogens is 229 g/mol. The second-order valence-corrected chi connectivity index (χ2v) is 4.08. The van der Waals surface area contributed by atoms with Gasteiger partial charge in [0.15, 0.2) is 0 Å². The lowest BCUT2D eigenvalue weighted by Gasteiger charge is -2.04. The zero-order valence-corrected chi connectivity index (χ0v) is 9.68. The zero-order valence-electron chi connectivity index (χ0n) is 9.68. The van der Waals surface area contributed by atoms with E-state index in [2.05, 4.69) is 4.98 Å². The number of hydrogen-bond acceptors (Lipinski definition) is 2. The van der Waals surface area contributed by atoms with Crippen molar-refractivity contribution < 1.29 is 4.39 Å². The van der Waals surface area contributed by atoms with Crippen molar-refractivity contribution in [3.63, 3.8) is 0 Å². The van der Waals surface area contributed by atoms with Crippen LogP contribution in [0.15, 0.2) is 48.8 Å². The van der Waals surface area contributed by atoms with Crippen LogP contribution < -0.4 is 5.73 Å². The number of imidazole rings is 1. The molecule has 3 nitrogen and oxygen atoms in total. The Morgan fingerprint density at radius 2 is 2.11 bits per heavy atom. The van der Waals surface area contributed by atoms with Crippen molar-refractivity contribution >= 4 is 5.52 Å². The van der Waals surface area contributed by atoms with Crippen LogP contribution >= 0.6 is 0 Å². The van der Waals surface area contributed by atoms with Crippen molar-refractivity contribution in [2.24, 2.45) is 5.73 Å². The van der Waals surface area contributed by atoms with E-state index in [0.717, 1.165) is 22.5 Å². The molecule has 1 aromatic carbocycles. The summed E-state index contributed by atoms with van der Waals surface area (Å²) < 4.78 is 15.2. The molecule has 0 saturated heterocycles. The predicted molar refractivity (Wildman–Crippen MR) is 68.5 cm³/mol. The van der Waals surface area contributed by atoms with Gasteiger partial charge in [-0.15, -0.1) is 0 Å². The minimum absolute atomic E-state index is 0.265. The molecule has 2 heterocycles. The Kier molecular flexibility index (Phi) is 2.57. The van der Waals surface area contributed by atoms with Gasteiger partial charge in [0, 0.05) is 18.3 Å². The summed E-state index contributed by atoms with van der Waals surface area (Å²) in [6, 6.07) is 10.3. The molecule has 18 heavy (non-hydrogen) atoms. The van der Waals surface area contributed by atoms with Crippen molar-refractivity contribution in [2.45, 2.75) is 6.54 Å². The van der Waals surface area contributed by atoms with Crippen molar-refractivity contribution in [1.29, 1.82) is 0 Å². The highest BCUT2D eigenvalue weighted by atomic mass is 19.1. The van der Waals surface area contributed by atoms with Crippen LogP contribution in [0, 0.1) is 5.82 Å². The van der Waals surface area contributed by atoms with E-state index in [-0.39, 0.29) is 5.82 Å². The predicted octanol–water partition coefficient (Wildman–Crippen LogP) is 2.60. The molecule has 0 spiro atoms. The van der Waals surface area contributed by atoms with E-state index in [0.29, 0.717) is 6.54 Å². The summed E-state index contributed by atoms with van der Waals surface area (Å²) in [7, 11) is 0. The van der Waals surface area contributed by atoms with E-state index < -0.39 is 0 Å². The van der Waals surface area contributed by atoms with Crippen LogP contribution in [0.1, 0.15) is 5.56 Å². The number of nitrogens with zero attached hydrogens (tertiary/aromatic N) is 2. The van der Waals surface area contributed by atoms with Crippen molar-refractivity contribution in [2.75, 3.05) is 0 Å². The van der Waals surface area contributed by atoms with Crippen LogP contribution in [0.2, 0.25) is 0 Å². The van der Waals surface area contributed by atoms with Gasteiger partial charge in [0.05, 0.1) is 11.7 Å².